The number of hydrogen-bond donors (Lipinski definition) is 1. The second-order valence-corrected chi connectivity index (χ2v) is 3.53. The van der Waals surface area contributed by atoms with Gasteiger partial charge in [-0.25, -0.2) is 8.78 Å². The van der Waals surface area contributed by atoms with Crippen molar-refractivity contribution in [2.45, 2.75) is 25.9 Å². The summed E-state index contributed by atoms with van der Waals surface area (Å²) in [5.74, 6) is -1.50. The molecule has 0 unspecified atom stereocenters. The summed E-state index contributed by atoms with van der Waals surface area (Å²) in [6, 6.07) is 0. The van der Waals surface area contributed by atoms with Crippen molar-refractivity contribution >= 4 is 5.97 Å². The molecular formula is C10H8F5NO2. The predicted molar refractivity (Wildman–Crippen MR) is 50.3 cm³/mol. The molecule has 0 aliphatic carbocycles. The molecule has 0 saturated carbocycles. The Morgan fingerprint density at radius 2 is 2.00 bits per heavy atom. The number of carbonyl (C=O) groups is 1. The summed E-state index contributed by atoms with van der Waals surface area (Å²) in [5.41, 5.74) is -4.10. The van der Waals surface area contributed by atoms with Crippen LogP contribution < -0.4 is 0 Å². The lowest BCUT2D eigenvalue weighted by atomic mass is 9.99. The molecule has 0 aromatic carbocycles. The zero-order valence-corrected chi connectivity index (χ0v) is 9.05. The van der Waals surface area contributed by atoms with Crippen LogP contribution >= 0.6 is 0 Å². The molecule has 1 heterocycles. The highest BCUT2D eigenvalue weighted by Gasteiger charge is 2.39. The number of aryl methyl sites for hydroxylation is 1. The number of pyridine rings is 1. The fourth-order valence-electron chi connectivity index (χ4n) is 1.58. The van der Waals surface area contributed by atoms with Crippen LogP contribution in [0.4, 0.5) is 22.0 Å². The van der Waals surface area contributed by atoms with Crippen LogP contribution in [0.1, 0.15) is 28.8 Å². The second kappa shape index (κ2) is 4.87. The number of hydrogen-bond acceptors (Lipinski definition) is 2. The van der Waals surface area contributed by atoms with Crippen molar-refractivity contribution in [3.8, 4) is 0 Å². The molecule has 1 aromatic heterocycles. The largest absolute Gasteiger partial charge is 0.481 e. The molecule has 0 aliphatic heterocycles. The van der Waals surface area contributed by atoms with Crippen molar-refractivity contribution in [3.05, 3.63) is 28.6 Å². The van der Waals surface area contributed by atoms with Crippen molar-refractivity contribution in [2.24, 2.45) is 0 Å². The summed E-state index contributed by atoms with van der Waals surface area (Å²) < 4.78 is 63.5. The minimum atomic E-state index is -5.00. The number of nitrogens with zero attached hydrogens (tertiary/aromatic N) is 1. The van der Waals surface area contributed by atoms with E-state index in [0.717, 1.165) is 13.1 Å². The first-order chi connectivity index (χ1) is 8.14. The molecule has 100 valence electrons. The summed E-state index contributed by atoms with van der Waals surface area (Å²) in [6.07, 6.45) is -8.62. The van der Waals surface area contributed by atoms with Gasteiger partial charge in [0.2, 0.25) is 0 Å². The van der Waals surface area contributed by atoms with Gasteiger partial charge < -0.3 is 5.11 Å². The maximum absolute atomic E-state index is 12.7. The lowest BCUT2D eigenvalue weighted by Gasteiger charge is -2.17. The summed E-state index contributed by atoms with van der Waals surface area (Å²) in [7, 11) is 0. The standard InChI is InChI=1S/C10H8F5NO2/c1-4-8(10(13,14)15)7(9(11)12)5(3-16-4)2-6(17)18/h3,9H,2H2,1H3,(H,17,18). The SMILES string of the molecule is Cc1ncc(CC(=O)O)c(C(F)F)c1C(F)(F)F. The van der Waals surface area contributed by atoms with Gasteiger partial charge in [-0.3, -0.25) is 9.78 Å². The number of rotatable bonds is 3. The number of aromatic nitrogens is 1. The molecule has 0 radical (unpaired) electrons. The van der Waals surface area contributed by atoms with E-state index in [9.17, 15) is 26.7 Å². The molecular weight excluding hydrogens is 261 g/mol. The first-order valence-electron chi connectivity index (χ1n) is 4.70. The maximum Gasteiger partial charge on any atom is 0.418 e. The third-order valence-corrected chi connectivity index (χ3v) is 2.23. The Hall–Kier alpha value is -1.73. The highest BCUT2D eigenvalue weighted by molar-refractivity contribution is 5.71. The van der Waals surface area contributed by atoms with E-state index in [0.29, 0.717) is 0 Å². The molecule has 0 amide bonds. The first kappa shape index (κ1) is 14.3. The normalized spacial score (nSPS) is 11.9. The van der Waals surface area contributed by atoms with Crippen LogP contribution in [-0.2, 0) is 17.4 Å². The van der Waals surface area contributed by atoms with Crippen molar-refractivity contribution in [2.75, 3.05) is 0 Å². The number of carboxylic acids is 1. The monoisotopic (exact) mass is 269 g/mol. The van der Waals surface area contributed by atoms with Gasteiger partial charge in [0.15, 0.2) is 0 Å². The molecule has 1 N–H and O–H groups in total. The fraction of sp³-hybridized carbons (Fsp3) is 0.400. The van der Waals surface area contributed by atoms with Gasteiger partial charge in [0, 0.05) is 17.5 Å². The Balaban J connectivity index is 3.53. The number of halogens is 5. The molecule has 1 aromatic rings. The van der Waals surface area contributed by atoms with Crippen LogP contribution in [0.5, 0.6) is 0 Å². The summed E-state index contributed by atoms with van der Waals surface area (Å²) in [6.45, 7) is 0.944. The van der Waals surface area contributed by atoms with Crippen molar-refractivity contribution in [1.82, 2.24) is 4.98 Å². The summed E-state index contributed by atoms with van der Waals surface area (Å²) >= 11 is 0. The van der Waals surface area contributed by atoms with Crippen LogP contribution in [0.2, 0.25) is 0 Å². The van der Waals surface area contributed by atoms with Gasteiger partial charge in [-0.2, -0.15) is 13.2 Å². The van der Waals surface area contributed by atoms with E-state index < -0.39 is 47.4 Å². The van der Waals surface area contributed by atoms with E-state index in [1.165, 1.54) is 0 Å². The molecule has 1 rings (SSSR count). The molecule has 0 saturated heterocycles. The minimum Gasteiger partial charge on any atom is -0.481 e. The fourth-order valence-corrected chi connectivity index (χ4v) is 1.58. The Morgan fingerprint density at radius 3 is 2.39 bits per heavy atom. The maximum atomic E-state index is 12.7. The van der Waals surface area contributed by atoms with E-state index >= 15 is 0 Å². The molecule has 0 fully saturated rings. The molecule has 0 bridgehead atoms. The topological polar surface area (TPSA) is 50.2 Å². The van der Waals surface area contributed by atoms with Gasteiger partial charge in [0.05, 0.1) is 12.0 Å². The van der Waals surface area contributed by atoms with Gasteiger partial charge in [-0.1, -0.05) is 0 Å². The Bertz CT molecular complexity index is 470. The summed E-state index contributed by atoms with van der Waals surface area (Å²) in [5, 5.41) is 8.48. The predicted octanol–water partition coefficient (Wildman–Crippen LogP) is 2.97. The van der Waals surface area contributed by atoms with Crippen LogP contribution in [0, 0.1) is 6.92 Å². The molecule has 0 atom stereocenters. The Kier molecular flexibility index (Phi) is 3.88. The van der Waals surface area contributed by atoms with Crippen molar-refractivity contribution in [1.29, 1.82) is 0 Å². The van der Waals surface area contributed by atoms with Crippen LogP contribution in [0.15, 0.2) is 6.20 Å². The van der Waals surface area contributed by atoms with E-state index in [-0.39, 0.29) is 0 Å². The van der Waals surface area contributed by atoms with Crippen LogP contribution in [-0.4, -0.2) is 16.1 Å². The lowest BCUT2D eigenvalue weighted by Crippen LogP contribution is -2.17. The molecule has 3 nitrogen and oxygen atoms in total. The smallest absolute Gasteiger partial charge is 0.418 e. The molecule has 18 heavy (non-hydrogen) atoms. The van der Waals surface area contributed by atoms with Gasteiger partial charge in [-0.15, -0.1) is 0 Å². The van der Waals surface area contributed by atoms with Crippen molar-refractivity contribution in [3.63, 3.8) is 0 Å². The van der Waals surface area contributed by atoms with E-state index in [4.69, 9.17) is 5.11 Å². The van der Waals surface area contributed by atoms with E-state index in [1.807, 2.05) is 0 Å². The second-order valence-electron chi connectivity index (χ2n) is 3.53. The average Bonchev–Trinajstić information content (AvgIpc) is 2.17. The van der Waals surface area contributed by atoms with Crippen LogP contribution in [0.25, 0.3) is 0 Å². The third kappa shape index (κ3) is 2.93. The molecule has 8 heteroatoms. The summed E-state index contributed by atoms with van der Waals surface area (Å²) in [4.78, 5) is 13.8. The zero-order valence-electron chi connectivity index (χ0n) is 9.05. The lowest BCUT2D eigenvalue weighted by molar-refractivity contribution is -0.141. The van der Waals surface area contributed by atoms with Crippen LogP contribution in [0.3, 0.4) is 0 Å². The Morgan fingerprint density at radius 1 is 1.44 bits per heavy atom. The molecule has 0 spiro atoms. The number of carboxylic acid groups (broad SMARTS) is 1. The van der Waals surface area contributed by atoms with E-state index in [1.54, 1.807) is 0 Å². The van der Waals surface area contributed by atoms with Gasteiger partial charge in [0.1, 0.15) is 0 Å². The van der Waals surface area contributed by atoms with Gasteiger partial charge in [0.25, 0.3) is 6.43 Å². The van der Waals surface area contributed by atoms with Crippen molar-refractivity contribution < 1.29 is 31.9 Å². The highest BCUT2D eigenvalue weighted by atomic mass is 19.4. The molecule has 0 aliphatic rings. The van der Waals surface area contributed by atoms with Gasteiger partial charge >= 0.3 is 12.1 Å². The van der Waals surface area contributed by atoms with E-state index in [2.05, 4.69) is 4.98 Å². The first-order valence-corrected chi connectivity index (χ1v) is 4.70. The van der Waals surface area contributed by atoms with Gasteiger partial charge in [-0.05, 0) is 12.5 Å². The average molecular weight is 269 g/mol. The number of aliphatic carboxylic acids is 1. The Labute approximate surface area is 98.3 Å². The quantitative estimate of drug-likeness (QED) is 0.858. The number of alkyl halides is 5. The zero-order chi connectivity index (χ0) is 14.1. The minimum absolute atomic E-state index is 0.605. The third-order valence-electron chi connectivity index (χ3n) is 2.23. The highest BCUT2D eigenvalue weighted by Crippen LogP contribution is 2.39.